The first kappa shape index (κ1) is 21.7. The normalized spacial score (nSPS) is 18.9. The maximum atomic E-state index is 13.2. The number of carbonyl (C=O) groups excluding carboxylic acids is 1. The summed E-state index contributed by atoms with van der Waals surface area (Å²) in [5.41, 5.74) is 6.72. The van der Waals surface area contributed by atoms with Gasteiger partial charge in [-0.3, -0.25) is 0 Å². The van der Waals surface area contributed by atoms with Crippen LogP contribution in [0.25, 0.3) is 0 Å². The molecule has 2 aliphatic heterocycles. The Morgan fingerprint density at radius 3 is 2.52 bits per heavy atom. The van der Waals surface area contributed by atoms with E-state index in [2.05, 4.69) is 16.0 Å². The van der Waals surface area contributed by atoms with E-state index in [1.165, 1.54) is 16.7 Å². The van der Waals surface area contributed by atoms with Gasteiger partial charge in [-0.25, -0.2) is 13.2 Å². The summed E-state index contributed by atoms with van der Waals surface area (Å²) in [4.78, 5) is 12.9. The number of carbonyl (C=O) groups is 1. The summed E-state index contributed by atoms with van der Waals surface area (Å²) < 4.78 is 26.5. The summed E-state index contributed by atoms with van der Waals surface area (Å²) in [6.07, 6.45) is 0.404. The fourth-order valence-corrected chi connectivity index (χ4v) is 6.65. The van der Waals surface area contributed by atoms with E-state index in [9.17, 15) is 13.2 Å². The Bertz CT molecular complexity index is 1330. The van der Waals surface area contributed by atoms with E-state index in [4.69, 9.17) is 0 Å². The number of amides is 2. The molecular formula is C26H27N3O3S. The van der Waals surface area contributed by atoms with Gasteiger partial charge < -0.3 is 16.0 Å². The molecule has 0 radical (unpaired) electrons. The van der Waals surface area contributed by atoms with E-state index < -0.39 is 15.1 Å². The minimum Gasteiger partial charge on any atom is -0.331 e. The van der Waals surface area contributed by atoms with Gasteiger partial charge in [0.15, 0.2) is 9.84 Å². The van der Waals surface area contributed by atoms with Crippen LogP contribution in [0.15, 0.2) is 65.6 Å². The first-order valence-corrected chi connectivity index (χ1v) is 12.7. The number of benzene rings is 3. The average Bonchev–Trinajstić information content (AvgIpc) is 3.35. The number of aryl methyl sites for hydroxylation is 1. The Morgan fingerprint density at radius 2 is 1.73 bits per heavy atom. The van der Waals surface area contributed by atoms with E-state index >= 15 is 0 Å². The molecule has 3 N–H and O–H groups in total. The molecule has 2 amide bonds. The molecule has 3 aromatic carbocycles. The lowest BCUT2D eigenvalue weighted by molar-refractivity contribution is 0.249. The van der Waals surface area contributed by atoms with Crippen LogP contribution < -0.4 is 16.0 Å². The summed E-state index contributed by atoms with van der Waals surface area (Å²) >= 11 is 0. The lowest BCUT2D eigenvalue weighted by atomic mass is 10.00. The van der Waals surface area contributed by atoms with Gasteiger partial charge in [0.2, 0.25) is 0 Å². The van der Waals surface area contributed by atoms with Gasteiger partial charge in [-0.1, -0.05) is 48.0 Å². The standard InChI is InChI=1S/C26H27N3O3S/c1-16-3-5-18(6-4-16)17(2)28-26(30)29-23-9-10-24-21(12-23)13-25(33(24,31)32)19-7-8-20-14-27-15-22(20)11-19/h3-12,17,25,27H,13-15H2,1-2H3,(H2,28,29,30). The lowest BCUT2D eigenvalue weighted by Crippen LogP contribution is -2.31. The summed E-state index contributed by atoms with van der Waals surface area (Å²) in [6.45, 7) is 5.55. The van der Waals surface area contributed by atoms with Crippen molar-refractivity contribution in [2.24, 2.45) is 0 Å². The van der Waals surface area contributed by atoms with Crippen molar-refractivity contribution in [2.75, 3.05) is 5.32 Å². The Hall–Kier alpha value is -3.16. The molecular weight excluding hydrogens is 434 g/mol. The zero-order valence-electron chi connectivity index (χ0n) is 18.7. The number of hydrogen-bond donors (Lipinski definition) is 3. The zero-order chi connectivity index (χ0) is 23.2. The molecule has 170 valence electrons. The monoisotopic (exact) mass is 461 g/mol. The van der Waals surface area contributed by atoms with Gasteiger partial charge >= 0.3 is 6.03 Å². The molecule has 0 saturated carbocycles. The minimum absolute atomic E-state index is 0.154. The highest BCUT2D eigenvalue weighted by Gasteiger charge is 2.38. The molecule has 0 aliphatic carbocycles. The smallest absolute Gasteiger partial charge is 0.319 e. The van der Waals surface area contributed by atoms with Crippen LogP contribution in [0.1, 0.15) is 51.6 Å². The first-order chi connectivity index (χ1) is 15.8. The molecule has 0 saturated heterocycles. The molecule has 0 spiro atoms. The summed E-state index contributed by atoms with van der Waals surface area (Å²) in [5, 5.41) is 8.48. The SMILES string of the molecule is Cc1ccc(C(C)NC(=O)Nc2ccc3c(c2)CC(c2ccc4c(c2)CNC4)S3(=O)=O)cc1. The van der Waals surface area contributed by atoms with Crippen molar-refractivity contribution in [2.45, 2.75) is 49.5 Å². The van der Waals surface area contributed by atoms with Gasteiger partial charge in [-0.2, -0.15) is 0 Å². The lowest BCUT2D eigenvalue weighted by Gasteiger charge is -2.15. The number of anilines is 1. The fourth-order valence-electron chi connectivity index (χ4n) is 4.67. The number of nitrogens with one attached hydrogen (secondary N) is 3. The Labute approximate surface area is 194 Å². The Balaban J connectivity index is 1.31. The van der Waals surface area contributed by atoms with Crippen molar-refractivity contribution in [3.05, 3.63) is 94.0 Å². The molecule has 2 aliphatic rings. The van der Waals surface area contributed by atoms with Gasteiger partial charge in [0.25, 0.3) is 0 Å². The van der Waals surface area contributed by atoms with Crippen molar-refractivity contribution < 1.29 is 13.2 Å². The summed E-state index contributed by atoms with van der Waals surface area (Å²) in [7, 11) is -3.47. The van der Waals surface area contributed by atoms with Gasteiger partial charge in [0, 0.05) is 18.8 Å². The molecule has 2 heterocycles. The summed E-state index contributed by atoms with van der Waals surface area (Å²) in [5.74, 6) is 0. The molecule has 2 unspecified atom stereocenters. The van der Waals surface area contributed by atoms with Crippen molar-refractivity contribution >= 4 is 21.6 Å². The molecule has 0 bridgehead atoms. The van der Waals surface area contributed by atoms with Crippen molar-refractivity contribution in [1.29, 1.82) is 0 Å². The first-order valence-electron chi connectivity index (χ1n) is 11.1. The third-order valence-electron chi connectivity index (χ3n) is 6.56. The van der Waals surface area contributed by atoms with Gasteiger partial charge in [0.1, 0.15) is 0 Å². The van der Waals surface area contributed by atoms with Crippen LogP contribution in [0.4, 0.5) is 10.5 Å². The average molecular weight is 462 g/mol. The maximum absolute atomic E-state index is 13.2. The van der Waals surface area contributed by atoms with E-state index in [0.717, 1.165) is 29.8 Å². The maximum Gasteiger partial charge on any atom is 0.319 e. The van der Waals surface area contributed by atoms with Gasteiger partial charge in [-0.15, -0.1) is 0 Å². The minimum atomic E-state index is -3.47. The molecule has 3 aromatic rings. The van der Waals surface area contributed by atoms with Crippen LogP contribution in [0.3, 0.4) is 0 Å². The number of urea groups is 1. The molecule has 2 atom stereocenters. The van der Waals surface area contributed by atoms with E-state index in [-0.39, 0.29) is 12.1 Å². The zero-order valence-corrected chi connectivity index (χ0v) is 19.5. The molecule has 7 heteroatoms. The topological polar surface area (TPSA) is 87.3 Å². The predicted octanol–water partition coefficient (Wildman–Crippen LogP) is 4.55. The fraction of sp³-hybridized carbons (Fsp3) is 0.269. The highest BCUT2D eigenvalue weighted by molar-refractivity contribution is 7.92. The quantitative estimate of drug-likeness (QED) is 0.532. The molecule has 33 heavy (non-hydrogen) atoms. The second-order valence-electron chi connectivity index (χ2n) is 8.92. The second-order valence-corrected chi connectivity index (χ2v) is 11.0. The van der Waals surface area contributed by atoms with Crippen LogP contribution in [-0.2, 0) is 29.3 Å². The molecule has 0 aromatic heterocycles. The van der Waals surface area contributed by atoms with Gasteiger partial charge in [0.05, 0.1) is 16.2 Å². The number of hydrogen-bond acceptors (Lipinski definition) is 4. The van der Waals surface area contributed by atoms with Gasteiger partial charge in [-0.05, 0) is 66.3 Å². The molecule has 6 nitrogen and oxygen atoms in total. The van der Waals surface area contributed by atoms with Crippen LogP contribution in [0.5, 0.6) is 0 Å². The highest BCUT2D eigenvalue weighted by atomic mass is 32.2. The second kappa shape index (κ2) is 8.32. The number of fused-ring (bicyclic) bond motifs is 2. The van der Waals surface area contributed by atoms with Crippen LogP contribution >= 0.6 is 0 Å². The van der Waals surface area contributed by atoms with Crippen LogP contribution in [0, 0.1) is 6.92 Å². The Kier molecular flexibility index (Phi) is 5.46. The van der Waals surface area contributed by atoms with Crippen LogP contribution in [0.2, 0.25) is 0 Å². The van der Waals surface area contributed by atoms with Crippen molar-refractivity contribution in [3.63, 3.8) is 0 Å². The van der Waals surface area contributed by atoms with Crippen molar-refractivity contribution in [1.82, 2.24) is 10.6 Å². The number of rotatable bonds is 4. The van der Waals surface area contributed by atoms with Crippen molar-refractivity contribution in [3.8, 4) is 0 Å². The van der Waals surface area contributed by atoms with E-state index in [1.807, 2.05) is 56.3 Å². The van der Waals surface area contributed by atoms with E-state index in [1.54, 1.807) is 18.2 Å². The van der Waals surface area contributed by atoms with E-state index in [0.29, 0.717) is 17.0 Å². The predicted molar refractivity (Wildman–Crippen MR) is 129 cm³/mol. The highest BCUT2D eigenvalue weighted by Crippen LogP contribution is 2.42. The Morgan fingerprint density at radius 1 is 0.970 bits per heavy atom. The third kappa shape index (κ3) is 4.14. The third-order valence-corrected chi connectivity index (χ3v) is 8.76. The number of sulfone groups is 1. The molecule has 5 rings (SSSR count). The molecule has 0 fully saturated rings. The summed E-state index contributed by atoms with van der Waals surface area (Å²) in [6, 6.07) is 18.5. The van der Waals surface area contributed by atoms with Crippen LogP contribution in [-0.4, -0.2) is 14.4 Å². The largest absolute Gasteiger partial charge is 0.331 e.